The van der Waals surface area contributed by atoms with Crippen LogP contribution in [0.3, 0.4) is 0 Å². The fourth-order valence-electron chi connectivity index (χ4n) is 7.12. The van der Waals surface area contributed by atoms with Crippen molar-refractivity contribution in [1.82, 2.24) is 19.7 Å². The van der Waals surface area contributed by atoms with Gasteiger partial charge in [-0.3, -0.25) is 9.47 Å². The molecule has 42 heavy (non-hydrogen) atoms. The Bertz CT molecular complexity index is 1550. The molecule has 224 valence electrons. The molecule has 0 bridgehead atoms. The van der Waals surface area contributed by atoms with Crippen LogP contribution in [-0.2, 0) is 19.3 Å². The highest BCUT2D eigenvalue weighted by Crippen LogP contribution is 2.57. The molecule has 1 aromatic heterocycles. The Morgan fingerprint density at radius 2 is 1.62 bits per heavy atom. The van der Waals surface area contributed by atoms with Gasteiger partial charge in [0.05, 0.1) is 23.7 Å². The Kier molecular flexibility index (Phi) is 6.16. The number of benzene rings is 2. The van der Waals surface area contributed by atoms with Gasteiger partial charge in [-0.05, 0) is 61.6 Å². The number of aromatic nitrogens is 3. The summed E-state index contributed by atoms with van der Waals surface area (Å²) in [6.45, 7) is 1.14. The van der Waals surface area contributed by atoms with Crippen molar-refractivity contribution in [3.63, 3.8) is 0 Å². The Labute approximate surface area is 240 Å². The van der Waals surface area contributed by atoms with Crippen LogP contribution in [0.15, 0.2) is 30.3 Å². The van der Waals surface area contributed by atoms with Crippen LogP contribution in [0.4, 0.5) is 40.8 Å². The molecule has 1 saturated heterocycles. The maximum Gasteiger partial charge on any atom is 0.419 e. The van der Waals surface area contributed by atoms with E-state index in [2.05, 4.69) is 10.2 Å². The molecule has 1 spiro atoms. The maximum atomic E-state index is 14.7. The van der Waals surface area contributed by atoms with Gasteiger partial charge in [0, 0.05) is 42.0 Å². The zero-order valence-electron chi connectivity index (χ0n) is 21.9. The monoisotopic (exact) mass is 617 g/mol. The molecule has 3 heterocycles. The molecule has 2 aliphatic carbocycles. The first-order valence-corrected chi connectivity index (χ1v) is 13.9. The third-order valence-corrected chi connectivity index (χ3v) is 9.55. The van der Waals surface area contributed by atoms with Gasteiger partial charge in [-0.25, -0.2) is 8.78 Å². The summed E-state index contributed by atoms with van der Waals surface area (Å²) >= 11 is 6.29. The molecule has 0 unspecified atom stereocenters. The highest BCUT2D eigenvalue weighted by molar-refractivity contribution is 6.30. The number of halogens is 9. The van der Waals surface area contributed by atoms with Crippen LogP contribution in [0.5, 0.6) is 0 Å². The molecule has 14 heteroatoms. The summed E-state index contributed by atoms with van der Waals surface area (Å²) in [7, 11) is 0. The largest absolute Gasteiger partial charge is 0.419 e. The van der Waals surface area contributed by atoms with Crippen LogP contribution in [-0.4, -0.2) is 45.0 Å². The molecular formula is C28H24ClF8N5. The summed E-state index contributed by atoms with van der Waals surface area (Å²) in [5, 5.41) is 9.37. The number of hydrogen-bond acceptors (Lipinski definition) is 4. The summed E-state index contributed by atoms with van der Waals surface area (Å²) in [4.78, 5) is 3.29. The lowest BCUT2D eigenvalue weighted by atomic mass is 9.57. The Morgan fingerprint density at radius 3 is 2.29 bits per heavy atom. The van der Waals surface area contributed by atoms with E-state index < -0.39 is 41.2 Å². The van der Waals surface area contributed by atoms with E-state index >= 15 is 0 Å². The molecule has 3 fully saturated rings. The van der Waals surface area contributed by atoms with E-state index in [1.165, 1.54) is 4.90 Å². The van der Waals surface area contributed by atoms with Gasteiger partial charge in [0.15, 0.2) is 11.6 Å². The molecule has 5 nitrogen and oxygen atoms in total. The van der Waals surface area contributed by atoms with Crippen molar-refractivity contribution in [3.05, 3.63) is 69.8 Å². The van der Waals surface area contributed by atoms with E-state index in [1.54, 1.807) is 12.1 Å². The topological polar surface area (TPSA) is 37.2 Å². The average Bonchev–Trinajstić information content (AvgIpc) is 3.11. The molecule has 4 aliphatic rings. The second-order valence-corrected chi connectivity index (χ2v) is 12.5. The second-order valence-electron chi connectivity index (χ2n) is 12.1. The summed E-state index contributed by atoms with van der Waals surface area (Å²) in [6, 6.07) is 6.17. The van der Waals surface area contributed by atoms with E-state index in [0.29, 0.717) is 54.7 Å². The molecule has 0 radical (unpaired) electrons. The fraction of sp³-hybridized carbons (Fsp3) is 0.500. The minimum Gasteiger partial charge on any atom is -0.366 e. The zero-order chi connectivity index (χ0) is 29.8. The van der Waals surface area contributed by atoms with Crippen LogP contribution < -0.4 is 4.90 Å². The van der Waals surface area contributed by atoms with Gasteiger partial charge in [-0.2, -0.15) is 26.3 Å². The maximum absolute atomic E-state index is 14.7. The highest BCUT2D eigenvalue weighted by Gasteiger charge is 2.56. The van der Waals surface area contributed by atoms with Gasteiger partial charge < -0.3 is 4.90 Å². The van der Waals surface area contributed by atoms with Crippen molar-refractivity contribution in [1.29, 1.82) is 0 Å². The van der Waals surface area contributed by atoms with Gasteiger partial charge in [-0.15, -0.1) is 10.2 Å². The fourth-order valence-corrected chi connectivity index (χ4v) is 7.32. The van der Waals surface area contributed by atoms with Crippen LogP contribution in [0.1, 0.15) is 54.4 Å². The molecule has 0 atom stereocenters. The number of rotatable bonds is 3. The molecule has 7 rings (SSSR count). The van der Waals surface area contributed by atoms with Crippen molar-refractivity contribution in [2.75, 3.05) is 18.0 Å². The van der Waals surface area contributed by atoms with Crippen LogP contribution in [0.2, 0.25) is 5.02 Å². The van der Waals surface area contributed by atoms with E-state index in [0.717, 1.165) is 11.3 Å². The minimum atomic E-state index is -4.93. The third-order valence-electron chi connectivity index (χ3n) is 9.31. The molecule has 3 aromatic rings. The lowest BCUT2D eigenvalue weighted by Gasteiger charge is -2.59. The summed E-state index contributed by atoms with van der Waals surface area (Å²) < 4.78 is 110. The average molecular weight is 618 g/mol. The Morgan fingerprint density at radius 1 is 0.905 bits per heavy atom. The standard InChI is InChI=1S/C28H24ClF8N5/c29-17-1-4-21-14(5-17)10-40(18-6-16(7-18)27(32,33)34)11-22-38-39-25(42(21)22)15-8-26(9-15)12-41(13-26)24-20(30)3-2-19(23(24)31)28(35,36)37/h1-5,15-16,18H,6-13H2. The minimum absolute atomic E-state index is 0.0229. The summed E-state index contributed by atoms with van der Waals surface area (Å²) in [6.07, 6.45) is -7.90. The molecule has 0 N–H and O–H groups in total. The first-order valence-electron chi connectivity index (χ1n) is 13.6. The second kappa shape index (κ2) is 9.28. The Balaban J connectivity index is 1.10. The highest BCUT2D eigenvalue weighted by atomic mass is 35.5. The number of alkyl halides is 6. The van der Waals surface area contributed by atoms with Crippen molar-refractivity contribution in [2.24, 2.45) is 11.3 Å². The van der Waals surface area contributed by atoms with Gasteiger partial charge in [-0.1, -0.05) is 11.6 Å². The Hall–Kier alpha value is -2.93. The lowest BCUT2D eigenvalue weighted by Crippen LogP contribution is -2.62. The number of fused-ring (bicyclic) bond motifs is 3. The van der Waals surface area contributed by atoms with E-state index in [4.69, 9.17) is 11.6 Å². The number of anilines is 1. The quantitative estimate of drug-likeness (QED) is 0.290. The van der Waals surface area contributed by atoms with E-state index in [-0.39, 0.29) is 43.3 Å². The molecule has 0 amide bonds. The zero-order valence-corrected chi connectivity index (χ0v) is 22.7. The van der Waals surface area contributed by atoms with Crippen LogP contribution in [0.25, 0.3) is 5.69 Å². The van der Waals surface area contributed by atoms with E-state index in [1.807, 2.05) is 15.5 Å². The number of nitrogens with zero attached hydrogens (tertiary/aromatic N) is 5. The van der Waals surface area contributed by atoms with Crippen molar-refractivity contribution in [3.8, 4) is 5.69 Å². The summed E-state index contributed by atoms with van der Waals surface area (Å²) in [5.74, 6) is -2.74. The summed E-state index contributed by atoms with van der Waals surface area (Å²) in [5.41, 5.74) is -0.835. The van der Waals surface area contributed by atoms with Crippen LogP contribution >= 0.6 is 11.6 Å². The molecular weight excluding hydrogens is 594 g/mol. The van der Waals surface area contributed by atoms with Crippen LogP contribution in [0, 0.1) is 23.0 Å². The first-order chi connectivity index (χ1) is 19.7. The van der Waals surface area contributed by atoms with Gasteiger partial charge in [0.2, 0.25) is 0 Å². The molecule has 2 aliphatic heterocycles. The number of hydrogen-bond donors (Lipinski definition) is 0. The molecule has 2 saturated carbocycles. The lowest BCUT2D eigenvalue weighted by molar-refractivity contribution is -0.207. The molecule has 2 aromatic carbocycles. The third kappa shape index (κ3) is 4.45. The van der Waals surface area contributed by atoms with Crippen molar-refractivity contribution >= 4 is 17.3 Å². The van der Waals surface area contributed by atoms with Gasteiger partial charge in [0.25, 0.3) is 0 Å². The predicted octanol–water partition coefficient (Wildman–Crippen LogP) is 7.26. The SMILES string of the molecule is Fc1ccc(C(F)(F)F)c(F)c1N1CC2(CC(c3nnc4n3-c3ccc(Cl)cc3CN(C3CC(C(F)(F)F)C3)C4)C2)C1. The van der Waals surface area contributed by atoms with Crippen molar-refractivity contribution in [2.45, 2.75) is 63.1 Å². The predicted molar refractivity (Wildman–Crippen MR) is 136 cm³/mol. The van der Waals surface area contributed by atoms with Crippen molar-refractivity contribution < 1.29 is 35.1 Å². The van der Waals surface area contributed by atoms with E-state index in [9.17, 15) is 35.1 Å². The van der Waals surface area contributed by atoms with Gasteiger partial charge >= 0.3 is 12.4 Å². The smallest absolute Gasteiger partial charge is 0.366 e. The first kappa shape index (κ1) is 27.9. The normalized spacial score (nSPS) is 24.0. The van der Waals surface area contributed by atoms with Gasteiger partial charge in [0.1, 0.15) is 17.3 Å².